The van der Waals surface area contributed by atoms with Crippen molar-refractivity contribution in [1.82, 2.24) is 14.6 Å². The molecule has 0 bridgehead atoms. The van der Waals surface area contributed by atoms with Crippen molar-refractivity contribution < 1.29 is 4.79 Å². The summed E-state index contributed by atoms with van der Waals surface area (Å²) >= 11 is 0. The van der Waals surface area contributed by atoms with Crippen molar-refractivity contribution in [2.45, 2.75) is 13.5 Å². The third kappa shape index (κ3) is 5.24. The Morgan fingerprint density at radius 2 is 1.51 bits per heavy atom. The number of fused-ring (bicyclic) bond motifs is 2. The molecule has 0 saturated carbocycles. The number of hydrazone groups is 1. The SMILES string of the molecule is Cc1ccc(-c2ccccc2)n1-c1ccc(C(=O)N/N=C\c2cn(Cc3ccc4ccccc4c3)c3ccccc23)cc1. The highest BCUT2D eigenvalue weighted by Crippen LogP contribution is 2.27. The topological polar surface area (TPSA) is 51.3 Å². The zero-order chi connectivity index (χ0) is 29.2. The smallest absolute Gasteiger partial charge is 0.271 e. The first-order valence-corrected chi connectivity index (χ1v) is 14.4. The van der Waals surface area contributed by atoms with Gasteiger partial charge < -0.3 is 9.13 Å². The zero-order valence-corrected chi connectivity index (χ0v) is 23.8. The number of carbonyl (C=O) groups is 1. The Kier molecular flexibility index (Phi) is 6.89. The summed E-state index contributed by atoms with van der Waals surface area (Å²) in [4.78, 5) is 13.0. The van der Waals surface area contributed by atoms with Gasteiger partial charge >= 0.3 is 0 Å². The molecule has 5 heteroatoms. The molecule has 2 aromatic heterocycles. The second-order valence-electron chi connectivity index (χ2n) is 10.7. The van der Waals surface area contributed by atoms with Crippen LogP contribution in [0.25, 0.3) is 38.6 Å². The molecule has 5 nitrogen and oxygen atoms in total. The monoisotopic (exact) mass is 558 g/mol. The van der Waals surface area contributed by atoms with Crippen molar-refractivity contribution >= 4 is 33.8 Å². The van der Waals surface area contributed by atoms with Crippen molar-refractivity contribution in [3.8, 4) is 16.9 Å². The molecule has 0 spiro atoms. The summed E-state index contributed by atoms with van der Waals surface area (Å²) in [5.74, 6) is -0.254. The van der Waals surface area contributed by atoms with Gasteiger partial charge in [-0.3, -0.25) is 4.79 Å². The number of hydrogen-bond acceptors (Lipinski definition) is 2. The van der Waals surface area contributed by atoms with Gasteiger partial charge in [-0.2, -0.15) is 5.10 Å². The highest BCUT2D eigenvalue weighted by atomic mass is 16.2. The quantitative estimate of drug-likeness (QED) is 0.155. The first kappa shape index (κ1) is 26.2. The van der Waals surface area contributed by atoms with Crippen LogP contribution < -0.4 is 5.43 Å². The molecule has 1 amide bonds. The summed E-state index contributed by atoms with van der Waals surface area (Å²) < 4.78 is 4.43. The Bertz CT molecular complexity index is 2100. The average Bonchev–Trinajstić information content (AvgIpc) is 3.61. The predicted octanol–water partition coefficient (Wildman–Crippen LogP) is 8.37. The third-order valence-corrected chi connectivity index (χ3v) is 7.89. The fourth-order valence-corrected chi connectivity index (χ4v) is 5.75. The van der Waals surface area contributed by atoms with E-state index in [1.807, 2.05) is 54.6 Å². The first-order valence-electron chi connectivity index (χ1n) is 14.4. The van der Waals surface area contributed by atoms with Gasteiger partial charge in [-0.05, 0) is 77.4 Å². The van der Waals surface area contributed by atoms with Crippen molar-refractivity contribution in [3.05, 3.63) is 162 Å². The Balaban J connectivity index is 1.08. The molecule has 0 radical (unpaired) electrons. The highest BCUT2D eigenvalue weighted by Gasteiger charge is 2.12. The second kappa shape index (κ2) is 11.3. The van der Waals surface area contributed by atoms with E-state index in [2.05, 4.69) is 112 Å². The van der Waals surface area contributed by atoms with Crippen LogP contribution in [-0.4, -0.2) is 21.3 Å². The van der Waals surface area contributed by atoms with Crippen LogP contribution in [0.4, 0.5) is 0 Å². The van der Waals surface area contributed by atoms with E-state index in [1.54, 1.807) is 6.21 Å². The molecule has 0 unspecified atom stereocenters. The second-order valence-corrected chi connectivity index (χ2v) is 10.7. The molecule has 1 N–H and O–H groups in total. The Morgan fingerprint density at radius 1 is 0.767 bits per heavy atom. The average molecular weight is 559 g/mol. The van der Waals surface area contributed by atoms with E-state index in [0.29, 0.717) is 5.56 Å². The van der Waals surface area contributed by atoms with Gasteiger partial charge in [-0.25, -0.2) is 5.43 Å². The Morgan fingerprint density at radius 3 is 2.35 bits per heavy atom. The van der Waals surface area contributed by atoms with Crippen LogP contribution in [0.2, 0.25) is 0 Å². The van der Waals surface area contributed by atoms with Gasteiger partial charge in [0, 0.05) is 46.2 Å². The van der Waals surface area contributed by atoms with Gasteiger partial charge in [-0.1, -0.05) is 84.9 Å². The molecule has 0 saturated heterocycles. The van der Waals surface area contributed by atoms with Crippen LogP contribution in [-0.2, 0) is 6.54 Å². The molecule has 0 aliphatic rings. The van der Waals surface area contributed by atoms with Gasteiger partial charge in [0.15, 0.2) is 0 Å². The van der Waals surface area contributed by atoms with Gasteiger partial charge in [-0.15, -0.1) is 0 Å². The lowest BCUT2D eigenvalue weighted by atomic mass is 10.1. The van der Waals surface area contributed by atoms with Crippen molar-refractivity contribution in [1.29, 1.82) is 0 Å². The highest BCUT2D eigenvalue weighted by molar-refractivity contribution is 6.00. The fourth-order valence-electron chi connectivity index (χ4n) is 5.75. The number of nitrogens with zero attached hydrogens (tertiary/aromatic N) is 3. The van der Waals surface area contributed by atoms with Gasteiger partial charge in [0.1, 0.15) is 0 Å². The first-order chi connectivity index (χ1) is 21.1. The van der Waals surface area contributed by atoms with Gasteiger partial charge in [0.05, 0.1) is 11.9 Å². The molecular weight excluding hydrogens is 528 g/mol. The Hall–Kier alpha value is -5.68. The minimum Gasteiger partial charge on any atom is -0.342 e. The standard InChI is InChI=1S/C38H30N4O/c1-27-15-22-36(30-10-3-2-4-11-30)42(27)34-20-18-31(19-21-34)38(43)40-39-24-33-26-41(37-14-8-7-13-35(33)37)25-28-16-17-29-9-5-6-12-32(29)23-28/h2-24,26H,25H2,1H3,(H,40,43)/b39-24-. The number of amides is 1. The summed E-state index contributed by atoms with van der Waals surface area (Å²) in [6.45, 7) is 2.82. The summed E-state index contributed by atoms with van der Waals surface area (Å²) in [5, 5.41) is 7.88. The summed E-state index contributed by atoms with van der Waals surface area (Å²) in [5.41, 5.74) is 10.9. The molecule has 7 aromatic rings. The minimum atomic E-state index is -0.254. The largest absolute Gasteiger partial charge is 0.342 e. The number of benzene rings is 5. The van der Waals surface area contributed by atoms with Crippen LogP contribution in [0.1, 0.15) is 27.2 Å². The lowest BCUT2D eigenvalue weighted by Gasteiger charge is -2.12. The molecule has 0 fully saturated rings. The maximum atomic E-state index is 13.0. The fraction of sp³-hybridized carbons (Fsp3) is 0.0526. The predicted molar refractivity (Wildman–Crippen MR) is 176 cm³/mol. The van der Waals surface area contributed by atoms with Crippen molar-refractivity contribution in [3.63, 3.8) is 0 Å². The number of carbonyl (C=O) groups excluding carboxylic acids is 1. The van der Waals surface area contributed by atoms with Crippen LogP contribution in [0.5, 0.6) is 0 Å². The van der Waals surface area contributed by atoms with E-state index in [1.165, 1.54) is 16.3 Å². The molecule has 0 aliphatic heterocycles. The molecular formula is C38H30N4O. The Labute approximate surface area is 250 Å². The molecule has 7 rings (SSSR count). The number of aryl methyl sites for hydroxylation is 1. The van der Waals surface area contributed by atoms with Crippen molar-refractivity contribution in [2.24, 2.45) is 5.10 Å². The maximum Gasteiger partial charge on any atom is 0.271 e. The van der Waals surface area contributed by atoms with E-state index >= 15 is 0 Å². The van der Waals surface area contributed by atoms with Gasteiger partial charge in [0.25, 0.3) is 5.91 Å². The molecule has 0 aliphatic carbocycles. The number of nitrogens with one attached hydrogen (secondary N) is 1. The van der Waals surface area contributed by atoms with Crippen LogP contribution in [0, 0.1) is 6.92 Å². The van der Waals surface area contributed by atoms with E-state index in [0.717, 1.165) is 45.6 Å². The minimum absolute atomic E-state index is 0.254. The maximum absolute atomic E-state index is 13.0. The number of rotatable bonds is 7. The summed E-state index contributed by atoms with van der Waals surface area (Å²) in [6.07, 6.45) is 3.81. The third-order valence-electron chi connectivity index (χ3n) is 7.89. The normalized spacial score (nSPS) is 11.5. The molecule has 0 atom stereocenters. The van der Waals surface area contributed by atoms with Crippen LogP contribution >= 0.6 is 0 Å². The van der Waals surface area contributed by atoms with E-state index in [9.17, 15) is 4.79 Å². The molecule has 208 valence electrons. The number of aromatic nitrogens is 2. The lowest BCUT2D eigenvalue weighted by molar-refractivity contribution is 0.0955. The van der Waals surface area contributed by atoms with E-state index in [-0.39, 0.29) is 5.91 Å². The van der Waals surface area contributed by atoms with Crippen molar-refractivity contribution in [2.75, 3.05) is 0 Å². The lowest BCUT2D eigenvalue weighted by Crippen LogP contribution is -2.17. The summed E-state index contributed by atoms with van der Waals surface area (Å²) in [6, 6.07) is 45.4. The van der Waals surface area contributed by atoms with Crippen LogP contribution in [0.15, 0.2) is 145 Å². The summed E-state index contributed by atoms with van der Waals surface area (Å²) in [7, 11) is 0. The van der Waals surface area contributed by atoms with Crippen LogP contribution in [0.3, 0.4) is 0 Å². The molecule has 43 heavy (non-hydrogen) atoms. The molecule has 5 aromatic carbocycles. The molecule has 2 heterocycles. The number of para-hydroxylation sites is 1. The number of hydrogen-bond donors (Lipinski definition) is 1. The van der Waals surface area contributed by atoms with E-state index in [4.69, 9.17) is 0 Å². The zero-order valence-electron chi connectivity index (χ0n) is 23.8. The van der Waals surface area contributed by atoms with Gasteiger partial charge in [0.2, 0.25) is 0 Å². The van der Waals surface area contributed by atoms with E-state index < -0.39 is 0 Å².